The Morgan fingerprint density at radius 1 is 1.07 bits per heavy atom. The molecule has 7 heteroatoms. The number of ether oxygens (including phenoxy) is 1. The number of aryl methyl sites for hydroxylation is 1. The quantitative estimate of drug-likeness (QED) is 0.679. The molecule has 1 aromatic heterocycles. The molecule has 7 nitrogen and oxygen atoms in total. The van der Waals surface area contributed by atoms with Crippen molar-refractivity contribution >= 4 is 23.2 Å². The number of anilines is 2. The number of carbonyl (C=O) groups excluding carboxylic acids is 2. The molecule has 0 radical (unpaired) electrons. The lowest BCUT2D eigenvalue weighted by molar-refractivity contribution is -0.116. The molecule has 1 heterocycles. The van der Waals surface area contributed by atoms with Crippen molar-refractivity contribution in [3.05, 3.63) is 60.0 Å². The summed E-state index contributed by atoms with van der Waals surface area (Å²) in [6.45, 7) is 3.21. The van der Waals surface area contributed by atoms with Gasteiger partial charge in [0.1, 0.15) is 11.5 Å². The second-order valence-corrected chi connectivity index (χ2v) is 6.24. The van der Waals surface area contributed by atoms with Crippen LogP contribution in [-0.4, -0.2) is 23.9 Å². The maximum atomic E-state index is 12.4. The molecular weight excluding hydrogens is 358 g/mol. The molecule has 144 valence electrons. The van der Waals surface area contributed by atoms with E-state index in [0.717, 1.165) is 11.3 Å². The Morgan fingerprint density at radius 3 is 2.39 bits per heavy atom. The summed E-state index contributed by atoms with van der Waals surface area (Å²) in [6.07, 6.45) is 0.0792. The van der Waals surface area contributed by atoms with E-state index in [4.69, 9.17) is 9.15 Å². The number of hydrogen-bond acceptors (Lipinski definition) is 5. The highest BCUT2D eigenvalue weighted by Crippen LogP contribution is 2.24. The SMILES string of the molecule is COc1ccc(-c2nc(CC(=O)Nc3cccc(NC(C)=O)c3)c(C)o2)cc1. The zero-order valence-electron chi connectivity index (χ0n) is 15.9. The average molecular weight is 379 g/mol. The van der Waals surface area contributed by atoms with Crippen LogP contribution < -0.4 is 15.4 Å². The van der Waals surface area contributed by atoms with Crippen LogP contribution in [0.5, 0.6) is 5.75 Å². The highest BCUT2D eigenvalue weighted by molar-refractivity contribution is 5.94. The second kappa shape index (κ2) is 8.39. The number of nitrogens with zero attached hydrogens (tertiary/aromatic N) is 1. The van der Waals surface area contributed by atoms with Gasteiger partial charge < -0.3 is 19.8 Å². The van der Waals surface area contributed by atoms with Crippen molar-refractivity contribution in [2.24, 2.45) is 0 Å². The highest BCUT2D eigenvalue weighted by Gasteiger charge is 2.15. The van der Waals surface area contributed by atoms with Gasteiger partial charge in [-0.05, 0) is 49.4 Å². The predicted octanol–water partition coefficient (Wildman–Crippen LogP) is 3.80. The maximum Gasteiger partial charge on any atom is 0.230 e. The Balaban J connectivity index is 1.69. The summed E-state index contributed by atoms with van der Waals surface area (Å²) >= 11 is 0. The number of nitrogens with one attached hydrogen (secondary N) is 2. The molecule has 0 atom stereocenters. The summed E-state index contributed by atoms with van der Waals surface area (Å²) in [6, 6.07) is 14.3. The molecule has 2 amide bonds. The molecule has 0 aliphatic rings. The lowest BCUT2D eigenvalue weighted by Gasteiger charge is -2.07. The molecule has 0 unspecified atom stereocenters. The van der Waals surface area contributed by atoms with Crippen molar-refractivity contribution in [2.75, 3.05) is 17.7 Å². The number of methoxy groups -OCH3 is 1. The number of hydrogen-bond donors (Lipinski definition) is 2. The molecule has 3 aromatic rings. The molecule has 2 N–H and O–H groups in total. The largest absolute Gasteiger partial charge is 0.497 e. The first-order chi connectivity index (χ1) is 13.4. The lowest BCUT2D eigenvalue weighted by atomic mass is 10.2. The van der Waals surface area contributed by atoms with Crippen LogP contribution in [0.4, 0.5) is 11.4 Å². The van der Waals surface area contributed by atoms with Crippen LogP contribution in [0.2, 0.25) is 0 Å². The van der Waals surface area contributed by atoms with Crippen LogP contribution in [0.3, 0.4) is 0 Å². The minimum atomic E-state index is -0.224. The molecule has 0 saturated heterocycles. The first kappa shape index (κ1) is 19.2. The number of carbonyl (C=O) groups is 2. The fraction of sp³-hybridized carbons (Fsp3) is 0.190. The van der Waals surface area contributed by atoms with Gasteiger partial charge in [0.15, 0.2) is 0 Å². The highest BCUT2D eigenvalue weighted by atomic mass is 16.5. The van der Waals surface area contributed by atoms with E-state index in [-0.39, 0.29) is 18.2 Å². The number of aromatic nitrogens is 1. The van der Waals surface area contributed by atoms with E-state index >= 15 is 0 Å². The Bertz CT molecular complexity index is 993. The van der Waals surface area contributed by atoms with Crippen molar-refractivity contribution in [2.45, 2.75) is 20.3 Å². The van der Waals surface area contributed by atoms with Gasteiger partial charge in [-0.15, -0.1) is 0 Å². The fourth-order valence-electron chi connectivity index (χ4n) is 2.68. The van der Waals surface area contributed by atoms with E-state index in [9.17, 15) is 9.59 Å². The molecule has 28 heavy (non-hydrogen) atoms. The van der Waals surface area contributed by atoms with Gasteiger partial charge in [0.25, 0.3) is 0 Å². The first-order valence-corrected chi connectivity index (χ1v) is 8.73. The van der Waals surface area contributed by atoms with Gasteiger partial charge in [-0.1, -0.05) is 6.07 Å². The normalized spacial score (nSPS) is 10.4. The Morgan fingerprint density at radius 2 is 1.75 bits per heavy atom. The minimum Gasteiger partial charge on any atom is -0.497 e. The molecule has 0 aliphatic heterocycles. The van der Waals surface area contributed by atoms with Crippen LogP contribution >= 0.6 is 0 Å². The van der Waals surface area contributed by atoms with Crippen molar-refractivity contribution in [3.63, 3.8) is 0 Å². The first-order valence-electron chi connectivity index (χ1n) is 8.73. The molecular formula is C21H21N3O4. The summed E-state index contributed by atoms with van der Waals surface area (Å²) in [5.74, 6) is 1.39. The zero-order chi connectivity index (χ0) is 20.1. The van der Waals surface area contributed by atoms with Crippen LogP contribution in [0, 0.1) is 6.92 Å². The van der Waals surface area contributed by atoms with Crippen molar-refractivity contribution in [3.8, 4) is 17.2 Å². The Hall–Kier alpha value is -3.61. The molecule has 0 spiro atoms. The summed E-state index contributed by atoms with van der Waals surface area (Å²) in [5.41, 5.74) is 2.58. The third-order valence-corrected chi connectivity index (χ3v) is 4.02. The van der Waals surface area contributed by atoms with E-state index < -0.39 is 0 Å². The van der Waals surface area contributed by atoms with Gasteiger partial charge in [-0.3, -0.25) is 9.59 Å². The van der Waals surface area contributed by atoms with E-state index in [1.54, 1.807) is 38.3 Å². The summed E-state index contributed by atoms with van der Waals surface area (Å²) < 4.78 is 10.9. The monoisotopic (exact) mass is 379 g/mol. The summed E-state index contributed by atoms with van der Waals surface area (Å²) in [5, 5.41) is 5.49. The van der Waals surface area contributed by atoms with E-state index in [2.05, 4.69) is 15.6 Å². The van der Waals surface area contributed by atoms with Crippen molar-refractivity contribution in [1.29, 1.82) is 0 Å². The van der Waals surface area contributed by atoms with Crippen molar-refractivity contribution < 1.29 is 18.7 Å². The Labute approximate surface area is 162 Å². The van der Waals surface area contributed by atoms with Crippen LogP contribution in [0.15, 0.2) is 52.9 Å². The van der Waals surface area contributed by atoms with Crippen LogP contribution in [-0.2, 0) is 16.0 Å². The predicted molar refractivity (Wildman–Crippen MR) is 106 cm³/mol. The fourth-order valence-corrected chi connectivity index (χ4v) is 2.68. The standard InChI is InChI=1S/C21H21N3O4/c1-13-19(24-21(28-13)15-7-9-18(27-3)10-8-15)12-20(26)23-17-6-4-5-16(11-17)22-14(2)25/h4-11H,12H2,1-3H3,(H,22,25)(H,23,26). The molecule has 0 aliphatic carbocycles. The molecule has 0 fully saturated rings. The van der Waals surface area contributed by atoms with Gasteiger partial charge in [0, 0.05) is 23.9 Å². The Kier molecular flexibility index (Phi) is 5.74. The third kappa shape index (κ3) is 4.76. The van der Waals surface area contributed by atoms with E-state index in [0.29, 0.717) is 28.7 Å². The molecule has 0 saturated carbocycles. The van der Waals surface area contributed by atoms with Gasteiger partial charge in [-0.2, -0.15) is 0 Å². The summed E-state index contributed by atoms with van der Waals surface area (Å²) in [7, 11) is 1.60. The van der Waals surface area contributed by atoms with E-state index in [1.165, 1.54) is 6.92 Å². The summed E-state index contributed by atoms with van der Waals surface area (Å²) in [4.78, 5) is 28.0. The topological polar surface area (TPSA) is 93.5 Å². The van der Waals surface area contributed by atoms with Crippen LogP contribution in [0.1, 0.15) is 18.4 Å². The third-order valence-electron chi connectivity index (χ3n) is 4.02. The number of rotatable bonds is 6. The number of benzene rings is 2. The minimum absolute atomic E-state index is 0.0792. The number of amides is 2. The second-order valence-electron chi connectivity index (χ2n) is 6.24. The van der Waals surface area contributed by atoms with Crippen molar-refractivity contribution in [1.82, 2.24) is 4.98 Å². The van der Waals surface area contributed by atoms with Gasteiger partial charge >= 0.3 is 0 Å². The lowest BCUT2D eigenvalue weighted by Crippen LogP contribution is -2.15. The van der Waals surface area contributed by atoms with E-state index in [1.807, 2.05) is 24.3 Å². The maximum absolute atomic E-state index is 12.4. The zero-order valence-corrected chi connectivity index (χ0v) is 15.9. The van der Waals surface area contributed by atoms with Gasteiger partial charge in [0.05, 0.1) is 19.2 Å². The molecule has 0 bridgehead atoms. The average Bonchev–Trinajstić information content (AvgIpc) is 3.02. The smallest absolute Gasteiger partial charge is 0.230 e. The van der Waals surface area contributed by atoms with Gasteiger partial charge in [0.2, 0.25) is 17.7 Å². The van der Waals surface area contributed by atoms with Gasteiger partial charge in [-0.25, -0.2) is 4.98 Å². The molecule has 2 aromatic carbocycles. The number of oxazole rings is 1. The van der Waals surface area contributed by atoms with Crippen LogP contribution in [0.25, 0.3) is 11.5 Å². The molecule has 3 rings (SSSR count).